The molecule has 1 saturated heterocycles. The Labute approximate surface area is 99.6 Å². The molecule has 0 unspecified atom stereocenters. The minimum Gasteiger partial charge on any atom is -0.370 e. The molecule has 1 aromatic carbocycles. The molecule has 82 valence electrons. The van der Waals surface area contributed by atoms with Gasteiger partial charge in [0.1, 0.15) is 0 Å². The van der Waals surface area contributed by atoms with Crippen LogP contribution in [0, 0.1) is 6.92 Å². The SMILES string of the molecule is Cc1ccc(N2CCC[C@H](N)C2)cc1Br. The fraction of sp³-hybridized carbons (Fsp3) is 0.500. The Morgan fingerprint density at radius 3 is 2.93 bits per heavy atom. The maximum atomic E-state index is 5.98. The third-order valence-electron chi connectivity index (χ3n) is 2.98. The summed E-state index contributed by atoms with van der Waals surface area (Å²) in [5.74, 6) is 0. The van der Waals surface area contributed by atoms with Gasteiger partial charge in [-0.3, -0.25) is 0 Å². The molecule has 1 fully saturated rings. The number of aryl methyl sites for hydroxylation is 1. The highest BCUT2D eigenvalue weighted by Crippen LogP contribution is 2.25. The predicted octanol–water partition coefficient (Wildman–Crippen LogP) is 2.69. The van der Waals surface area contributed by atoms with Gasteiger partial charge in [-0.1, -0.05) is 22.0 Å². The Morgan fingerprint density at radius 2 is 2.27 bits per heavy atom. The van der Waals surface area contributed by atoms with E-state index >= 15 is 0 Å². The van der Waals surface area contributed by atoms with E-state index in [9.17, 15) is 0 Å². The first-order valence-corrected chi connectivity index (χ1v) is 6.23. The minimum absolute atomic E-state index is 0.332. The van der Waals surface area contributed by atoms with Crippen LogP contribution in [-0.4, -0.2) is 19.1 Å². The highest BCUT2D eigenvalue weighted by atomic mass is 79.9. The molecule has 2 rings (SSSR count). The fourth-order valence-electron chi connectivity index (χ4n) is 2.02. The zero-order valence-electron chi connectivity index (χ0n) is 9.04. The molecule has 1 aliphatic heterocycles. The standard InChI is InChI=1S/C12H17BrN2/c1-9-4-5-11(7-12(9)13)15-6-2-3-10(14)8-15/h4-5,7,10H,2-3,6,8,14H2,1H3/t10-/m0/s1. The average Bonchev–Trinajstić information content (AvgIpc) is 2.22. The number of halogens is 1. The highest BCUT2D eigenvalue weighted by molar-refractivity contribution is 9.10. The molecule has 2 N–H and O–H groups in total. The van der Waals surface area contributed by atoms with Gasteiger partial charge >= 0.3 is 0 Å². The third kappa shape index (κ3) is 2.52. The van der Waals surface area contributed by atoms with Crippen molar-refractivity contribution in [2.45, 2.75) is 25.8 Å². The summed E-state index contributed by atoms with van der Waals surface area (Å²) >= 11 is 3.57. The normalized spacial score (nSPS) is 21.8. The van der Waals surface area contributed by atoms with Crippen LogP contribution in [0.3, 0.4) is 0 Å². The summed E-state index contributed by atoms with van der Waals surface area (Å²) in [6, 6.07) is 6.85. The number of anilines is 1. The molecule has 0 bridgehead atoms. The molecule has 1 atom stereocenters. The summed E-state index contributed by atoms with van der Waals surface area (Å²) < 4.78 is 1.18. The van der Waals surface area contributed by atoms with Crippen LogP contribution in [0.25, 0.3) is 0 Å². The summed E-state index contributed by atoms with van der Waals surface area (Å²) in [6.45, 7) is 4.22. The lowest BCUT2D eigenvalue weighted by atomic mass is 10.1. The van der Waals surface area contributed by atoms with E-state index in [1.807, 2.05) is 0 Å². The first-order chi connectivity index (χ1) is 7.16. The van der Waals surface area contributed by atoms with Gasteiger partial charge in [0, 0.05) is 29.3 Å². The van der Waals surface area contributed by atoms with E-state index < -0.39 is 0 Å². The van der Waals surface area contributed by atoms with Gasteiger partial charge in [-0.15, -0.1) is 0 Å². The average molecular weight is 269 g/mol. The van der Waals surface area contributed by atoms with Crippen LogP contribution >= 0.6 is 15.9 Å². The van der Waals surface area contributed by atoms with Gasteiger partial charge in [-0.05, 0) is 37.5 Å². The van der Waals surface area contributed by atoms with E-state index in [0.29, 0.717) is 6.04 Å². The van der Waals surface area contributed by atoms with E-state index in [2.05, 4.69) is 46.0 Å². The summed E-state index contributed by atoms with van der Waals surface area (Å²) in [5.41, 5.74) is 8.54. The van der Waals surface area contributed by atoms with E-state index in [4.69, 9.17) is 5.73 Å². The van der Waals surface area contributed by atoms with Gasteiger partial charge in [0.25, 0.3) is 0 Å². The Bertz CT molecular complexity index is 351. The zero-order chi connectivity index (χ0) is 10.8. The first-order valence-electron chi connectivity index (χ1n) is 5.43. The second-order valence-corrected chi connectivity index (χ2v) is 5.14. The van der Waals surface area contributed by atoms with Crippen LogP contribution in [0.15, 0.2) is 22.7 Å². The largest absolute Gasteiger partial charge is 0.370 e. The van der Waals surface area contributed by atoms with Crippen molar-refractivity contribution >= 4 is 21.6 Å². The molecule has 0 radical (unpaired) electrons. The predicted molar refractivity (Wildman–Crippen MR) is 68.3 cm³/mol. The van der Waals surface area contributed by atoms with E-state index in [1.54, 1.807) is 0 Å². The van der Waals surface area contributed by atoms with Crippen LogP contribution in [0.5, 0.6) is 0 Å². The van der Waals surface area contributed by atoms with Crippen LogP contribution in [0.2, 0.25) is 0 Å². The van der Waals surface area contributed by atoms with Crippen molar-refractivity contribution in [3.8, 4) is 0 Å². The maximum Gasteiger partial charge on any atom is 0.0378 e. The van der Waals surface area contributed by atoms with Gasteiger partial charge in [-0.2, -0.15) is 0 Å². The molecule has 0 saturated carbocycles. The van der Waals surface area contributed by atoms with Crippen molar-refractivity contribution in [1.29, 1.82) is 0 Å². The summed E-state index contributed by atoms with van der Waals surface area (Å²) in [7, 11) is 0. The lowest BCUT2D eigenvalue weighted by molar-refractivity contribution is 0.506. The molecule has 1 aromatic rings. The van der Waals surface area contributed by atoms with Gasteiger partial charge < -0.3 is 10.6 Å². The van der Waals surface area contributed by atoms with Gasteiger partial charge in [0.05, 0.1) is 0 Å². The molecule has 0 aromatic heterocycles. The molecular weight excluding hydrogens is 252 g/mol. The lowest BCUT2D eigenvalue weighted by Crippen LogP contribution is -2.42. The van der Waals surface area contributed by atoms with E-state index in [0.717, 1.165) is 19.5 Å². The molecule has 0 amide bonds. The second-order valence-electron chi connectivity index (χ2n) is 4.28. The molecule has 0 aliphatic carbocycles. The van der Waals surface area contributed by atoms with Gasteiger partial charge in [0.15, 0.2) is 0 Å². The van der Waals surface area contributed by atoms with Gasteiger partial charge in [0.2, 0.25) is 0 Å². The number of piperidine rings is 1. The molecule has 1 aliphatic rings. The smallest absolute Gasteiger partial charge is 0.0378 e. The van der Waals surface area contributed by atoms with E-state index in [1.165, 1.54) is 22.1 Å². The summed E-state index contributed by atoms with van der Waals surface area (Å²) in [4.78, 5) is 2.37. The zero-order valence-corrected chi connectivity index (χ0v) is 10.6. The third-order valence-corrected chi connectivity index (χ3v) is 3.83. The highest BCUT2D eigenvalue weighted by Gasteiger charge is 2.17. The molecule has 2 nitrogen and oxygen atoms in total. The number of rotatable bonds is 1. The van der Waals surface area contributed by atoms with Crippen molar-refractivity contribution in [3.63, 3.8) is 0 Å². The monoisotopic (exact) mass is 268 g/mol. The molecule has 0 spiro atoms. The number of hydrogen-bond acceptors (Lipinski definition) is 2. The maximum absolute atomic E-state index is 5.98. The van der Waals surface area contributed by atoms with Crippen molar-refractivity contribution in [3.05, 3.63) is 28.2 Å². The Kier molecular flexibility index (Phi) is 3.32. The molecular formula is C12H17BrN2. The molecule has 3 heteroatoms. The Balaban J connectivity index is 2.18. The van der Waals surface area contributed by atoms with Crippen molar-refractivity contribution in [2.75, 3.05) is 18.0 Å². The number of hydrogen-bond donors (Lipinski definition) is 1. The minimum atomic E-state index is 0.332. The van der Waals surface area contributed by atoms with Crippen molar-refractivity contribution in [1.82, 2.24) is 0 Å². The second kappa shape index (κ2) is 4.54. The van der Waals surface area contributed by atoms with Gasteiger partial charge in [-0.25, -0.2) is 0 Å². The van der Waals surface area contributed by atoms with E-state index in [-0.39, 0.29) is 0 Å². The Morgan fingerprint density at radius 1 is 1.47 bits per heavy atom. The summed E-state index contributed by atoms with van der Waals surface area (Å²) in [6.07, 6.45) is 2.36. The van der Waals surface area contributed by atoms with Crippen molar-refractivity contribution < 1.29 is 0 Å². The molecule has 1 heterocycles. The van der Waals surface area contributed by atoms with Crippen LogP contribution in [0.1, 0.15) is 18.4 Å². The number of benzene rings is 1. The van der Waals surface area contributed by atoms with Crippen LogP contribution < -0.4 is 10.6 Å². The molecule has 15 heavy (non-hydrogen) atoms. The van der Waals surface area contributed by atoms with Crippen LogP contribution in [0.4, 0.5) is 5.69 Å². The lowest BCUT2D eigenvalue weighted by Gasteiger charge is -2.32. The summed E-state index contributed by atoms with van der Waals surface area (Å²) in [5, 5.41) is 0. The van der Waals surface area contributed by atoms with Crippen LogP contribution in [-0.2, 0) is 0 Å². The Hall–Kier alpha value is -0.540. The number of nitrogens with two attached hydrogens (primary N) is 1. The quantitative estimate of drug-likeness (QED) is 0.849. The topological polar surface area (TPSA) is 29.3 Å². The first kappa shape index (κ1) is 11.0. The number of nitrogens with zero attached hydrogens (tertiary/aromatic N) is 1. The fourth-order valence-corrected chi connectivity index (χ4v) is 2.39. The van der Waals surface area contributed by atoms with Crippen molar-refractivity contribution in [2.24, 2.45) is 5.73 Å².